The Balaban J connectivity index is -0.000000115. The van der Waals surface area contributed by atoms with Gasteiger partial charge in [-0.1, -0.05) is 127 Å². The van der Waals surface area contributed by atoms with E-state index in [9.17, 15) is 63.5 Å². The van der Waals surface area contributed by atoms with Crippen LogP contribution in [0.15, 0.2) is 95.4 Å². The molecule has 0 spiro atoms. The van der Waals surface area contributed by atoms with Crippen LogP contribution in [0.5, 0.6) is 5.75 Å². The van der Waals surface area contributed by atoms with Crippen LogP contribution in [0.4, 0.5) is 9.59 Å². The van der Waals surface area contributed by atoms with E-state index in [0.717, 1.165) is 35.8 Å². The number of unbranched alkanes of at least 4 members (excludes halogenated alkanes) is 1. The Morgan fingerprint density at radius 3 is 1.00 bits per heavy atom. The van der Waals surface area contributed by atoms with Crippen LogP contribution in [0.25, 0.3) is 0 Å². The van der Waals surface area contributed by atoms with Crippen molar-refractivity contribution < 1.29 is 217 Å². The molecule has 17 N–H and O–H groups in total. The molecule has 5 atom stereocenters. The van der Waals surface area contributed by atoms with Crippen molar-refractivity contribution in [3.8, 4) is 5.75 Å². The number of nitrogens with two attached hydrogens (primary N) is 4. The number of aliphatic hydroxyl groups excluding tert-OH is 2. The second-order valence-electron chi connectivity index (χ2n) is 41.0. The van der Waals surface area contributed by atoms with Crippen LogP contribution in [0, 0.1) is 17.8 Å². The van der Waals surface area contributed by atoms with Gasteiger partial charge in [0, 0.05) is 114 Å². The van der Waals surface area contributed by atoms with E-state index in [4.69, 9.17) is 97.8 Å². The molecule has 150 heavy (non-hydrogen) atoms. The van der Waals surface area contributed by atoms with Gasteiger partial charge in [0.1, 0.15) is 29.9 Å². The van der Waals surface area contributed by atoms with Crippen molar-refractivity contribution in [1.82, 2.24) is 15.4 Å². The van der Waals surface area contributed by atoms with E-state index in [1.807, 2.05) is 171 Å². The molecule has 1 aliphatic rings. The number of nitrogens with zero attached hydrogens (tertiary/aromatic N) is 1. The SMILES string of the molecule is CC(C)(C)S(N)=O.CC(C)(CP(=O)(O)O)NC(=O)OCc1ccccc1.CC(C)(CP(=O)(O)O)NC(=O)OCc1ccccc1.CC(C)(N)CO.CC(C)=NS(=O)C(C)(C)C.CC1(C)CC1.CCOOC(=O)C(C)OP(=O)(CC(C)(C)N)Oc1ccccc1.CO.COP(=O)(CC(C)(C)C)OC.COP(=O)(CC(C)(C)N)OC.COP(=O)(CC(C)(C)NS(=O)C(C)(C)C)OC.COP(C)(=O)OC.CO[P+](=O)OC.Cl.[CH2-]CCC.[H-].[Li+].[Na+]. The molecule has 0 heterocycles. The molecule has 0 bridgehead atoms. The number of carbonyl (C=O) groups excluding carboxylic acids is 3. The van der Waals surface area contributed by atoms with Gasteiger partial charge < -0.3 is 116 Å². The monoisotopic (exact) mass is 2400 g/mol. The number of alkyl carbamates (subject to hydrolysis) is 2. The average molecular weight is 2400 g/mol. The van der Waals surface area contributed by atoms with Crippen LogP contribution >= 0.6 is 73.8 Å². The van der Waals surface area contributed by atoms with Gasteiger partial charge in [-0.2, -0.15) is 15.7 Å². The van der Waals surface area contributed by atoms with Crippen molar-refractivity contribution in [2.75, 3.05) is 135 Å². The third kappa shape index (κ3) is 120. The number of amides is 2. The molecule has 0 radical (unpaired) electrons. The molecule has 0 aromatic heterocycles. The number of aliphatic hydroxyl groups is 2. The fourth-order valence-corrected chi connectivity index (χ4v) is 18.9. The number of benzene rings is 3. The van der Waals surface area contributed by atoms with E-state index in [-0.39, 0.29) is 127 Å². The number of nitrogens with one attached hydrogen (secondary N) is 3. The van der Waals surface area contributed by atoms with Gasteiger partial charge in [-0.3, -0.25) is 41.9 Å². The van der Waals surface area contributed by atoms with Crippen LogP contribution < -0.4 is 90.6 Å². The van der Waals surface area contributed by atoms with E-state index < -0.39 is 164 Å². The number of ether oxygens (including phenoxy) is 2. The third-order valence-corrected chi connectivity index (χ3v) is 34.2. The quantitative estimate of drug-likeness (QED) is 0.00630. The summed E-state index contributed by atoms with van der Waals surface area (Å²) in [5, 5.41) is 25.2. The first-order valence-corrected chi connectivity index (χ1v) is 62.9. The number of para-hydroxylation sites is 1. The fraction of sp³-hybridized carbons (Fsp3) is 0.750. The molecule has 1 fully saturated rings. The molecular formula is C92H194ClLiN8NaO36P8S3+. The molecule has 5 unspecified atom stereocenters. The van der Waals surface area contributed by atoms with Gasteiger partial charge in [0.25, 0.3) is 0 Å². The maximum atomic E-state index is 13.0. The summed E-state index contributed by atoms with van der Waals surface area (Å²) in [7, 11) is -14.3. The number of hydrogen-bond acceptors (Lipinski definition) is 35. The van der Waals surface area contributed by atoms with Crippen LogP contribution in [-0.4, -0.2) is 255 Å². The predicted molar refractivity (Wildman–Crippen MR) is 603 cm³/mol. The standard InChI is InChI=1S/C15H24NO6P.2C12H18NO5P.C10H24NO4PS.C7H15NOS.C7H17O3P.C6H16NO3P.C5H10.C4H11NOS.C4H11NO.C4H9.C3H9O3P.C2H6O3P.CH4O.ClH.Li.Na.H/c1-5-19-20-14(17)12(2)21-23(18,11-15(3,4)16)22-13-9-7-6-8-10-13;2*1-12(2,9-19(15,16)17)13-11(14)18-8-10-6-4-3-5-7-10;1-9(2,3)17(13)11-10(4,5)8-16(12,14-6)15-7;1-6(2)8-10(9)7(3,4)5;1-7(2,3)6-11(8,9-4)10-5;1-6(2,7)5-11(8,9-3)10-4;1-5(2)3-4-5;1-4(2,3)7(5)6;1-4(2,5)3-6;1-3-4-2;1-5-7(3,4)6-2;1-4-6(3)5-2;1-2;;;;/h6-10,12H,5,11,16H2,1-4H3;2*3-7H,8-9H2,1-2H3,(H,13,14)(H2,15,16,17);11H,8H2,1-7H3;1-5H3;6H2,1-5H3;5,7H2,1-4H3;3-4H2,1-2H3;5H2,1-3H3;6H,3,5H2,1-2H3;1,3-4H2,2H3;1-3H3;1-2H3;2H,1H3;1H;;;/q;;;;;;;;;;-1;;+1;;;2*+1;-1. The Morgan fingerprint density at radius 2 is 0.807 bits per heavy atom. The molecule has 3 aromatic carbocycles. The zero-order valence-corrected chi connectivity index (χ0v) is 111. The summed E-state index contributed by atoms with van der Waals surface area (Å²) in [5.41, 5.74) is 15.7. The maximum Gasteiger partial charge on any atom is 1.00 e. The molecule has 1 aliphatic carbocycles. The number of carbonyl (C=O) groups is 3. The minimum atomic E-state index is -4.19. The molecule has 0 saturated heterocycles. The first-order chi connectivity index (χ1) is 66.0. The second-order valence-corrected chi connectivity index (χ2v) is 62.2. The third-order valence-electron chi connectivity index (χ3n) is 15.8. The van der Waals surface area contributed by atoms with E-state index >= 15 is 0 Å². The summed E-state index contributed by atoms with van der Waals surface area (Å²) in [4.78, 5) is 79.4. The zero-order chi connectivity index (χ0) is 119. The molecule has 4 rings (SSSR count). The summed E-state index contributed by atoms with van der Waals surface area (Å²) >= 11 is 0. The van der Waals surface area contributed by atoms with Crippen LogP contribution in [0.1, 0.15) is 253 Å². The van der Waals surface area contributed by atoms with E-state index in [1.54, 1.807) is 78.8 Å². The van der Waals surface area contributed by atoms with Crippen LogP contribution in [0.2, 0.25) is 0 Å². The first-order valence-electron chi connectivity index (χ1n) is 45.8. The Labute approximate surface area is 950 Å². The van der Waals surface area contributed by atoms with Crippen molar-refractivity contribution in [1.29, 1.82) is 0 Å². The van der Waals surface area contributed by atoms with Crippen molar-refractivity contribution in [2.24, 2.45) is 37.6 Å². The van der Waals surface area contributed by atoms with Gasteiger partial charge in [-0.15, -0.1) is 21.5 Å². The summed E-state index contributed by atoms with van der Waals surface area (Å²) in [6, 6.07) is 26.8. The molecule has 44 nitrogen and oxygen atoms in total. The molecule has 0 aliphatic heterocycles. The minimum absolute atomic E-state index is 0. The van der Waals surface area contributed by atoms with Gasteiger partial charge in [0.2, 0.25) is 0 Å². The summed E-state index contributed by atoms with van der Waals surface area (Å²) in [6.45, 7) is 62.1. The maximum absolute atomic E-state index is 13.0. The summed E-state index contributed by atoms with van der Waals surface area (Å²) in [6.07, 6.45) is 2.53. The summed E-state index contributed by atoms with van der Waals surface area (Å²) in [5.74, 6) is -0.427. The number of hydrogen-bond donors (Lipinski definition) is 13. The second kappa shape index (κ2) is 86.1. The van der Waals surface area contributed by atoms with Gasteiger partial charge in [0.15, 0.2) is 6.10 Å². The molecule has 3 aromatic rings. The van der Waals surface area contributed by atoms with Crippen molar-refractivity contribution in [2.45, 2.75) is 307 Å². The molecule has 2 amide bonds. The predicted octanol–water partition coefficient (Wildman–Crippen LogP) is 14.3. The van der Waals surface area contributed by atoms with Gasteiger partial charge in [-0.05, 0) is 220 Å². The molecule has 884 valence electrons. The van der Waals surface area contributed by atoms with Crippen LogP contribution in [0.3, 0.4) is 0 Å². The Hall–Kier alpha value is -1.73. The minimum Gasteiger partial charge on any atom is -1.00 e. The van der Waals surface area contributed by atoms with Crippen LogP contribution in [-0.2, 0) is 156 Å². The number of rotatable bonds is 39. The normalized spacial score (nSPS) is 13.6. The van der Waals surface area contributed by atoms with Crippen molar-refractivity contribution in [3.05, 3.63) is 109 Å². The molecule has 58 heteroatoms. The average Bonchev–Trinajstić information content (AvgIpc) is 1.78. The Bertz CT molecular complexity index is 4340. The smallest absolute Gasteiger partial charge is 1.00 e. The Kier molecular flexibility index (Phi) is 101. The van der Waals surface area contributed by atoms with Gasteiger partial charge in [-0.25, -0.2) is 36.3 Å². The zero-order valence-electron chi connectivity index (χ0n) is 99.2. The first kappa shape index (κ1) is 176. The molecular weight excluding hydrogens is 2200 g/mol. The van der Waals surface area contributed by atoms with Gasteiger partial charge >= 0.3 is 128 Å². The van der Waals surface area contributed by atoms with E-state index in [1.165, 1.54) is 132 Å². The summed E-state index contributed by atoms with van der Waals surface area (Å²) < 4.78 is 197. The van der Waals surface area contributed by atoms with E-state index in [0.29, 0.717) is 11.9 Å². The fourth-order valence-electron chi connectivity index (χ4n) is 8.19. The van der Waals surface area contributed by atoms with Crippen molar-refractivity contribution in [3.63, 3.8) is 0 Å². The molecule has 1 saturated carbocycles. The Morgan fingerprint density at radius 1 is 0.513 bits per heavy atom. The largest absolute Gasteiger partial charge is 1.00 e. The topological polar surface area (TPSA) is 661 Å². The van der Waals surface area contributed by atoms with E-state index in [2.05, 4.69) is 75.3 Å². The van der Waals surface area contributed by atoms with Crippen molar-refractivity contribution >= 4 is 131 Å². The van der Waals surface area contributed by atoms with Gasteiger partial charge in [0.05, 0.1) is 101 Å². The number of halogens is 1.